The monoisotopic (exact) mass is 355 g/mol. The average molecular weight is 355 g/mol. The van der Waals surface area contributed by atoms with Gasteiger partial charge in [0.2, 0.25) is 11.8 Å². The number of hydrogen-bond donors (Lipinski definition) is 3. The molecule has 0 saturated carbocycles. The number of ether oxygens (including phenoxy) is 1. The molecule has 136 valence electrons. The number of phenols is 1. The van der Waals surface area contributed by atoms with Crippen molar-refractivity contribution in [3.8, 4) is 11.5 Å². The SMILES string of the molecule is COc1cc(/C=N/NC(=O)CC(=O)NCCc2ccccc2)ccc1O. The second kappa shape index (κ2) is 9.83. The van der Waals surface area contributed by atoms with Crippen LogP contribution in [-0.2, 0) is 16.0 Å². The molecule has 0 heterocycles. The summed E-state index contributed by atoms with van der Waals surface area (Å²) >= 11 is 0. The number of nitrogens with one attached hydrogen (secondary N) is 2. The Bertz CT molecular complexity index is 776. The van der Waals surface area contributed by atoms with Gasteiger partial charge >= 0.3 is 0 Å². The normalized spacial score (nSPS) is 10.5. The van der Waals surface area contributed by atoms with Crippen molar-refractivity contribution >= 4 is 18.0 Å². The van der Waals surface area contributed by atoms with Crippen molar-refractivity contribution in [2.75, 3.05) is 13.7 Å². The van der Waals surface area contributed by atoms with Crippen LogP contribution in [0, 0.1) is 0 Å². The number of hydrazone groups is 1. The summed E-state index contributed by atoms with van der Waals surface area (Å²) in [4.78, 5) is 23.4. The van der Waals surface area contributed by atoms with E-state index in [1.807, 2.05) is 30.3 Å². The molecular formula is C19H21N3O4. The van der Waals surface area contributed by atoms with Gasteiger partial charge in [-0.2, -0.15) is 5.10 Å². The van der Waals surface area contributed by atoms with E-state index >= 15 is 0 Å². The molecule has 0 unspecified atom stereocenters. The number of aromatic hydroxyl groups is 1. The predicted octanol–water partition coefficient (Wildman–Crippen LogP) is 1.60. The van der Waals surface area contributed by atoms with Crippen LogP contribution < -0.4 is 15.5 Å². The van der Waals surface area contributed by atoms with Gasteiger partial charge in [0.1, 0.15) is 6.42 Å². The summed E-state index contributed by atoms with van der Waals surface area (Å²) in [6.45, 7) is 0.465. The Labute approximate surface area is 151 Å². The molecule has 0 aliphatic carbocycles. The van der Waals surface area contributed by atoms with Gasteiger partial charge in [0.25, 0.3) is 0 Å². The molecule has 0 fully saturated rings. The van der Waals surface area contributed by atoms with Gasteiger partial charge in [0, 0.05) is 6.54 Å². The molecule has 0 saturated heterocycles. The highest BCUT2D eigenvalue weighted by atomic mass is 16.5. The first-order chi connectivity index (χ1) is 12.6. The Morgan fingerprint density at radius 1 is 1.15 bits per heavy atom. The molecule has 2 aromatic carbocycles. The summed E-state index contributed by atoms with van der Waals surface area (Å²) in [7, 11) is 1.44. The zero-order valence-corrected chi connectivity index (χ0v) is 14.4. The minimum Gasteiger partial charge on any atom is -0.504 e. The zero-order valence-electron chi connectivity index (χ0n) is 14.4. The largest absolute Gasteiger partial charge is 0.504 e. The van der Waals surface area contributed by atoms with E-state index in [0.29, 0.717) is 24.3 Å². The minimum atomic E-state index is -0.510. The second-order valence-electron chi connectivity index (χ2n) is 5.49. The summed E-state index contributed by atoms with van der Waals surface area (Å²) < 4.78 is 4.98. The van der Waals surface area contributed by atoms with Crippen LogP contribution in [0.2, 0.25) is 0 Å². The third kappa shape index (κ3) is 6.27. The highest BCUT2D eigenvalue weighted by molar-refractivity contribution is 5.97. The van der Waals surface area contributed by atoms with Crippen molar-refractivity contribution in [2.24, 2.45) is 5.10 Å². The Morgan fingerprint density at radius 3 is 2.65 bits per heavy atom. The van der Waals surface area contributed by atoms with Crippen LogP contribution in [0.25, 0.3) is 0 Å². The Balaban J connectivity index is 1.71. The average Bonchev–Trinajstić information content (AvgIpc) is 2.64. The second-order valence-corrected chi connectivity index (χ2v) is 5.49. The first-order valence-electron chi connectivity index (χ1n) is 8.08. The number of amides is 2. The molecule has 7 nitrogen and oxygen atoms in total. The fourth-order valence-corrected chi connectivity index (χ4v) is 2.19. The Hall–Kier alpha value is -3.35. The van der Waals surface area contributed by atoms with Crippen LogP contribution in [0.15, 0.2) is 53.6 Å². The molecule has 0 aromatic heterocycles. The number of benzene rings is 2. The fraction of sp³-hybridized carbons (Fsp3) is 0.211. The van der Waals surface area contributed by atoms with Crippen LogP contribution in [0.1, 0.15) is 17.5 Å². The van der Waals surface area contributed by atoms with E-state index in [2.05, 4.69) is 15.8 Å². The van der Waals surface area contributed by atoms with Gasteiger partial charge in [-0.05, 0) is 35.7 Å². The smallest absolute Gasteiger partial charge is 0.249 e. The molecule has 2 rings (SSSR count). The number of phenolic OH excluding ortho intramolecular Hbond substituents is 1. The van der Waals surface area contributed by atoms with Gasteiger partial charge in [-0.15, -0.1) is 0 Å². The van der Waals surface area contributed by atoms with Crippen molar-refractivity contribution in [2.45, 2.75) is 12.8 Å². The van der Waals surface area contributed by atoms with Crippen LogP contribution in [0.5, 0.6) is 11.5 Å². The summed E-state index contributed by atoms with van der Waals surface area (Å²) in [5.74, 6) is -0.553. The predicted molar refractivity (Wildman–Crippen MR) is 98.2 cm³/mol. The third-order valence-corrected chi connectivity index (χ3v) is 3.51. The molecule has 7 heteroatoms. The molecule has 3 N–H and O–H groups in total. The minimum absolute atomic E-state index is 0.0147. The van der Waals surface area contributed by atoms with E-state index in [4.69, 9.17) is 4.74 Å². The number of hydrogen-bond acceptors (Lipinski definition) is 5. The molecule has 0 spiro atoms. The molecule has 0 radical (unpaired) electrons. The number of methoxy groups -OCH3 is 1. The lowest BCUT2D eigenvalue weighted by Gasteiger charge is -2.05. The summed E-state index contributed by atoms with van der Waals surface area (Å²) in [6.07, 6.45) is 1.80. The topological polar surface area (TPSA) is 100 Å². The molecule has 0 aliphatic heterocycles. The van der Waals surface area contributed by atoms with E-state index in [0.717, 1.165) is 5.56 Å². The van der Waals surface area contributed by atoms with Gasteiger partial charge < -0.3 is 15.2 Å². The number of nitrogens with zero attached hydrogens (tertiary/aromatic N) is 1. The Morgan fingerprint density at radius 2 is 1.92 bits per heavy atom. The van der Waals surface area contributed by atoms with Crippen molar-refractivity contribution in [3.05, 3.63) is 59.7 Å². The maximum absolute atomic E-state index is 11.7. The third-order valence-electron chi connectivity index (χ3n) is 3.51. The molecule has 2 aromatic rings. The Kier molecular flexibility index (Phi) is 7.17. The zero-order chi connectivity index (χ0) is 18.8. The molecule has 0 bridgehead atoms. The molecular weight excluding hydrogens is 334 g/mol. The van der Waals surface area contributed by atoms with E-state index in [1.54, 1.807) is 12.1 Å². The van der Waals surface area contributed by atoms with Crippen LogP contribution in [0.3, 0.4) is 0 Å². The molecule has 0 aliphatic rings. The number of carbonyl (C=O) groups is 2. The standard InChI is InChI=1S/C19H21N3O4/c1-26-17-11-15(7-8-16(17)23)13-21-22-19(25)12-18(24)20-10-9-14-5-3-2-4-6-14/h2-8,11,13,23H,9-10,12H2,1H3,(H,20,24)(H,22,25)/b21-13+. The highest BCUT2D eigenvalue weighted by Gasteiger charge is 2.08. The lowest BCUT2D eigenvalue weighted by atomic mass is 10.1. The molecule has 2 amide bonds. The highest BCUT2D eigenvalue weighted by Crippen LogP contribution is 2.25. The van der Waals surface area contributed by atoms with E-state index in [9.17, 15) is 14.7 Å². The van der Waals surface area contributed by atoms with E-state index < -0.39 is 5.91 Å². The van der Waals surface area contributed by atoms with Crippen LogP contribution in [0.4, 0.5) is 0 Å². The maximum atomic E-state index is 11.7. The maximum Gasteiger partial charge on any atom is 0.249 e. The number of rotatable bonds is 8. The van der Waals surface area contributed by atoms with Gasteiger partial charge in [0.15, 0.2) is 11.5 Å². The number of carbonyl (C=O) groups excluding carboxylic acids is 2. The first kappa shape index (κ1) is 19.0. The summed E-state index contributed by atoms with van der Waals surface area (Å²) in [5.41, 5.74) is 4.04. The van der Waals surface area contributed by atoms with Crippen LogP contribution in [-0.4, -0.2) is 36.8 Å². The first-order valence-corrected chi connectivity index (χ1v) is 8.08. The van der Waals surface area contributed by atoms with Crippen molar-refractivity contribution < 1.29 is 19.4 Å². The molecule has 26 heavy (non-hydrogen) atoms. The van der Waals surface area contributed by atoms with Crippen molar-refractivity contribution in [1.82, 2.24) is 10.7 Å². The van der Waals surface area contributed by atoms with Gasteiger partial charge in [0.05, 0.1) is 13.3 Å². The van der Waals surface area contributed by atoms with Gasteiger partial charge in [-0.3, -0.25) is 9.59 Å². The molecule has 0 atom stereocenters. The van der Waals surface area contributed by atoms with E-state index in [1.165, 1.54) is 19.4 Å². The van der Waals surface area contributed by atoms with Gasteiger partial charge in [-0.25, -0.2) is 5.43 Å². The lowest BCUT2D eigenvalue weighted by molar-refractivity contribution is -0.129. The summed E-state index contributed by atoms with van der Waals surface area (Å²) in [6, 6.07) is 14.4. The fourth-order valence-electron chi connectivity index (χ4n) is 2.19. The van der Waals surface area contributed by atoms with Crippen molar-refractivity contribution in [3.63, 3.8) is 0 Å². The van der Waals surface area contributed by atoms with Gasteiger partial charge in [-0.1, -0.05) is 30.3 Å². The van der Waals surface area contributed by atoms with E-state index in [-0.39, 0.29) is 18.1 Å². The summed E-state index contributed by atoms with van der Waals surface area (Å²) in [5, 5.41) is 16.0. The quantitative estimate of drug-likeness (QED) is 0.380. The van der Waals surface area contributed by atoms with Crippen molar-refractivity contribution in [1.29, 1.82) is 0 Å². The lowest BCUT2D eigenvalue weighted by Crippen LogP contribution is -2.31. The van der Waals surface area contributed by atoms with Crippen LogP contribution >= 0.6 is 0 Å².